The lowest BCUT2D eigenvalue weighted by molar-refractivity contribution is -0.139. The summed E-state index contributed by atoms with van der Waals surface area (Å²) in [7, 11) is 1.48. The number of phenolic OH excluding ortho intramolecular Hbond substituents is 1. The van der Waals surface area contributed by atoms with Gasteiger partial charge in [0.25, 0.3) is 0 Å². The molecule has 1 aromatic rings. The van der Waals surface area contributed by atoms with Gasteiger partial charge in [0.1, 0.15) is 11.5 Å². The van der Waals surface area contributed by atoms with Crippen LogP contribution in [0.5, 0.6) is 11.5 Å². The number of hydrogen-bond donors (Lipinski definition) is 1. The lowest BCUT2D eigenvalue weighted by Crippen LogP contribution is -2.39. The quantitative estimate of drug-likeness (QED) is 0.434. The van der Waals surface area contributed by atoms with Gasteiger partial charge in [0.05, 0.1) is 18.9 Å². The number of imide groups is 1. The second kappa shape index (κ2) is 7.54. The molecule has 0 saturated carbocycles. The van der Waals surface area contributed by atoms with Crippen molar-refractivity contribution < 1.29 is 29.0 Å². The number of amides is 2. The molecule has 170 valence electrons. The number of methoxy groups -OCH3 is 1. The molecule has 2 amide bonds. The molecular formula is C26H25NO6. The van der Waals surface area contributed by atoms with Crippen molar-refractivity contribution in [2.45, 2.75) is 32.6 Å². The van der Waals surface area contributed by atoms with E-state index in [2.05, 4.69) is 0 Å². The second-order valence-electron chi connectivity index (χ2n) is 9.08. The summed E-state index contributed by atoms with van der Waals surface area (Å²) < 4.78 is 5.53. The third-order valence-corrected chi connectivity index (χ3v) is 7.50. The van der Waals surface area contributed by atoms with Crippen molar-refractivity contribution in [1.29, 1.82) is 0 Å². The molecule has 7 heteroatoms. The summed E-state index contributed by atoms with van der Waals surface area (Å²) in [5.41, 5.74) is 2.71. The molecule has 1 fully saturated rings. The molecule has 5 rings (SSSR count). The molecule has 1 saturated heterocycles. The van der Waals surface area contributed by atoms with Crippen LogP contribution in [0.15, 0.2) is 52.6 Å². The van der Waals surface area contributed by atoms with Crippen molar-refractivity contribution in [3.63, 3.8) is 0 Å². The van der Waals surface area contributed by atoms with Crippen LogP contribution < -0.4 is 4.74 Å². The number of allylic oxidation sites excluding steroid dienone is 6. The van der Waals surface area contributed by atoms with Gasteiger partial charge in [-0.15, -0.1) is 0 Å². The third-order valence-electron chi connectivity index (χ3n) is 7.50. The van der Waals surface area contributed by atoms with Gasteiger partial charge in [0.15, 0.2) is 11.6 Å². The van der Waals surface area contributed by atoms with E-state index in [1.165, 1.54) is 30.2 Å². The van der Waals surface area contributed by atoms with Crippen molar-refractivity contribution in [2.24, 2.45) is 17.8 Å². The summed E-state index contributed by atoms with van der Waals surface area (Å²) in [6.45, 7) is 3.72. The number of carbonyl (C=O) groups is 4. The molecule has 1 heterocycles. The number of ketones is 2. The SMILES string of the molecule is CCN1C(=O)[C@H]2[C@H](CC=C3[C@H](c4ccc(O)cc4OC)C4=C(C[C@H]32)C(=O)C(C)=CC4=O)C1=O. The standard InChI is InChI=1S/C26H25NO6/c1-4-27-25(31)16-8-7-14-17(22(16)26(27)32)11-18-23(19(29)9-12(2)24(18)30)21(14)15-6-5-13(28)10-20(15)33-3/h5-7,9-10,16-17,21-22,28H,4,8,11H2,1-3H3/t16-,17+,21+,22-/m0/s1. The predicted molar refractivity (Wildman–Crippen MR) is 118 cm³/mol. The fourth-order valence-electron chi connectivity index (χ4n) is 6.05. The Kier molecular flexibility index (Phi) is 4.88. The van der Waals surface area contributed by atoms with Crippen LogP contribution in [0.2, 0.25) is 0 Å². The van der Waals surface area contributed by atoms with Crippen LogP contribution in [0.4, 0.5) is 0 Å². The van der Waals surface area contributed by atoms with Gasteiger partial charge in [-0.25, -0.2) is 0 Å². The zero-order valence-corrected chi connectivity index (χ0v) is 18.8. The predicted octanol–water partition coefficient (Wildman–Crippen LogP) is 2.85. The van der Waals surface area contributed by atoms with E-state index in [1.54, 1.807) is 19.9 Å². The molecule has 7 nitrogen and oxygen atoms in total. The van der Waals surface area contributed by atoms with Gasteiger partial charge in [0.2, 0.25) is 11.8 Å². The minimum atomic E-state index is -0.588. The number of phenols is 1. The number of ether oxygens (including phenoxy) is 1. The highest BCUT2D eigenvalue weighted by molar-refractivity contribution is 6.23. The molecule has 1 aromatic carbocycles. The summed E-state index contributed by atoms with van der Waals surface area (Å²) in [4.78, 5) is 53.9. The van der Waals surface area contributed by atoms with E-state index < -0.39 is 17.8 Å². The molecule has 0 aromatic heterocycles. The average molecular weight is 447 g/mol. The van der Waals surface area contributed by atoms with E-state index in [0.29, 0.717) is 41.0 Å². The number of benzene rings is 1. The van der Waals surface area contributed by atoms with Crippen LogP contribution >= 0.6 is 0 Å². The largest absolute Gasteiger partial charge is 0.508 e. The zero-order chi connectivity index (χ0) is 23.6. The maximum Gasteiger partial charge on any atom is 0.233 e. The molecule has 0 spiro atoms. The first-order valence-electron chi connectivity index (χ1n) is 11.2. The van der Waals surface area contributed by atoms with Crippen LogP contribution in [-0.4, -0.2) is 47.0 Å². The zero-order valence-electron chi connectivity index (χ0n) is 18.8. The molecule has 1 N–H and O–H groups in total. The third kappa shape index (κ3) is 2.95. The van der Waals surface area contributed by atoms with Gasteiger partial charge in [-0.1, -0.05) is 17.7 Å². The Morgan fingerprint density at radius 2 is 1.88 bits per heavy atom. The first kappa shape index (κ1) is 21.4. The van der Waals surface area contributed by atoms with Crippen molar-refractivity contribution in [1.82, 2.24) is 4.90 Å². The topological polar surface area (TPSA) is 101 Å². The Labute approximate surface area is 191 Å². The summed E-state index contributed by atoms with van der Waals surface area (Å²) in [5, 5.41) is 9.98. The monoisotopic (exact) mass is 447 g/mol. The van der Waals surface area contributed by atoms with E-state index in [9.17, 15) is 24.3 Å². The first-order valence-corrected chi connectivity index (χ1v) is 11.2. The normalized spacial score (nSPS) is 28.9. The lowest BCUT2D eigenvalue weighted by Gasteiger charge is -2.42. The molecular weight excluding hydrogens is 422 g/mol. The number of hydrogen-bond acceptors (Lipinski definition) is 6. The number of rotatable bonds is 3. The van der Waals surface area contributed by atoms with Gasteiger partial charge in [-0.2, -0.15) is 0 Å². The Morgan fingerprint density at radius 1 is 1.12 bits per heavy atom. The van der Waals surface area contributed by atoms with E-state index in [-0.39, 0.29) is 41.5 Å². The van der Waals surface area contributed by atoms with Crippen molar-refractivity contribution in [2.75, 3.05) is 13.7 Å². The summed E-state index contributed by atoms with van der Waals surface area (Å²) in [5.74, 6) is -2.32. The van der Waals surface area contributed by atoms with Crippen LogP contribution in [0.3, 0.4) is 0 Å². The number of likely N-dealkylation sites (tertiary alicyclic amines) is 1. The molecule has 4 atom stereocenters. The highest BCUT2D eigenvalue weighted by Gasteiger charge is 2.56. The molecule has 1 aliphatic heterocycles. The Hall–Kier alpha value is -3.48. The van der Waals surface area contributed by atoms with Crippen LogP contribution in [0, 0.1) is 17.8 Å². The summed E-state index contributed by atoms with van der Waals surface area (Å²) >= 11 is 0. The van der Waals surface area contributed by atoms with Crippen LogP contribution in [0.1, 0.15) is 38.2 Å². The Balaban J connectivity index is 1.73. The van der Waals surface area contributed by atoms with E-state index in [0.717, 1.165) is 5.57 Å². The first-order chi connectivity index (χ1) is 15.8. The molecule has 0 radical (unpaired) electrons. The van der Waals surface area contributed by atoms with Crippen molar-refractivity contribution in [3.05, 3.63) is 58.2 Å². The molecule has 0 unspecified atom stereocenters. The van der Waals surface area contributed by atoms with E-state index in [1.807, 2.05) is 6.08 Å². The van der Waals surface area contributed by atoms with Gasteiger partial charge < -0.3 is 9.84 Å². The Morgan fingerprint density at radius 3 is 2.58 bits per heavy atom. The molecule has 3 aliphatic carbocycles. The summed E-state index contributed by atoms with van der Waals surface area (Å²) in [6.07, 6.45) is 4.01. The number of nitrogens with zero attached hydrogens (tertiary/aromatic N) is 1. The van der Waals surface area contributed by atoms with E-state index >= 15 is 0 Å². The minimum Gasteiger partial charge on any atom is -0.508 e. The molecule has 33 heavy (non-hydrogen) atoms. The molecule has 4 aliphatic rings. The number of fused-ring (bicyclic) bond motifs is 3. The van der Waals surface area contributed by atoms with Gasteiger partial charge in [0, 0.05) is 40.8 Å². The van der Waals surface area contributed by atoms with Crippen LogP contribution in [0.25, 0.3) is 0 Å². The lowest BCUT2D eigenvalue weighted by atomic mass is 9.59. The number of aromatic hydroxyl groups is 1. The van der Waals surface area contributed by atoms with Gasteiger partial charge in [-0.05, 0) is 44.7 Å². The van der Waals surface area contributed by atoms with Crippen molar-refractivity contribution in [3.8, 4) is 11.5 Å². The minimum absolute atomic E-state index is 0.0202. The fraction of sp³-hybridized carbons (Fsp3) is 0.385. The van der Waals surface area contributed by atoms with Gasteiger partial charge in [-0.3, -0.25) is 24.1 Å². The maximum atomic E-state index is 13.3. The number of carbonyl (C=O) groups excluding carboxylic acids is 4. The molecule has 0 bridgehead atoms. The highest BCUT2D eigenvalue weighted by Crippen LogP contribution is 2.56. The van der Waals surface area contributed by atoms with Crippen LogP contribution in [-0.2, 0) is 19.2 Å². The highest BCUT2D eigenvalue weighted by atomic mass is 16.5. The number of Topliss-reactive ketones (excluding diaryl/α,β-unsaturated/α-hetero) is 1. The summed E-state index contributed by atoms with van der Waals surface area (Å²) in [6, 6.07) is 4.69. The average Bonchev–Trinajstić information content (AvgIpc) is 3.05. The fourth-order valence-corrected chi connectivity index (χ4v) is 6.05. The van der Waals surface area contributed by atoms with Gasteiger partial charge >= 0.3 is 0 Å². The second-order valence-corrected chi connectivity index (χ2v) is 9.08. The van der Waals surface area contributed by atoms with E-state index in [4.69, 9.17) is 4.74 Å². The smallest absolute Gasteiger partial charge is 0.233 e. The van der Waals surface area contributed by atoms with Crippen molar-refractivity contribution >= 4 is 23.4 Å². The Bertz CT molecular complexity index is 1220. The maximum absolute atomic E-state index is 13.3.